The molecule has 1 heterocycles. The van der Waals surface area contributed by atoms with E-state index < -0.39 is 0 Å². The number of rotatable bonds is 7. The number of nitrogens with one attached hydrogen (secondary N) is 1. The monoisotopic (exact) mass is 345 g/mol. The zero-order valence-electron chi connectivity index (χ0n) is 16.0. The van der Waals surface area contributed by atoms with E-state index in [1.54, 1.807) is 14.2 Å². The average molecular weight is 345 g/mol. The van der Waals surface area contributed by atoms with Gasteiger partial charge >= 0.3 is 0 Å². The van der Waals surface area contributed by atoms with E-state index in [2.05, 4.69) is 34.1 Å². The molecule has 1 aromatic heterocycles. The Morgan fingerprint density at radius 2 is 1.72 bits per heavy atom. The molecule has 7 nitrogen and oxygen atoms in total. The Morgan fingerprint density at radius 1 is 1.00 bits per heavy atom. The van der Waals surface area contributed by atoms with Crippen LogP contribution in [0.5, 0.6) is 11.5 Å². The van der Waals surface area contributed by atoms with Crippen molar-refractivity contribution >= 4 is 11.9 Å². The maximum atomic E-state index is 5.47. The van der Waals surface area contributed by atoms with Gasteiger partial charge in [0.2, 0.25) is 11.9 Å². The predicted molar refractivity (Wildman–Crippen MR) is 99.8 cm³/mol. The molecule has 2 aromatic rings. The first-order chi connectivity index (χ1) is 11.8. The third-order valence-corrected chi connectivity index (χ3v) is 3.81. The summed E-state index contributed by atoms with van der Waals surface area (Å²) in [6.07, 6.45) is 0. The Balaban J connectivity index is 2.35. The number of methoxy groups -OCH3 is 2. The second-order valence-corrected chi connectivity index (χ2v) is 6.34. The molecule has 1 unspecified atom stereocenters. The van der Waals surface area contributed by atoms with Crippen molar-refractivity contribution in [2.45, 2.75) is 32.7 Å². The molecular formula is C18H27N5O2. The van der Waals surface area contributed by atoms with Crippen LogP contribution in [0, 0.1) is 0 Å². The highest BCUT2D eigenvalue weighted by Gasteiger charge is 2.16. The maximum absolute atomic E-state index is 5.47. The van der Waals surface area contributed by atoms with Crippen LogP contribution in [0.25, 0.3) is 0 Å². The van der Waals surface area contributed by atoms with E-state index in [1.165, 1.54) is 0 Å². The highest BCUT2D eigenvalue weighted by atomic mass is 16.5. The largest absolute Gasteiger partial charge is 0.497 e. The minimum absolute atomic E-state index is 0.0672. The molecule has 1 atom stereocenters. The van der Waals surface area contributed by atoms with Crippen LogP contribution in [-0.4, -0.2) is 43.3 Å². The van der Waals surface area contributed by atoms with Crippen LogP contribution in [0.3, 0.4) is 0 Å². The number of benzene rings is 1. The van der Waals surface area contributed by atoms with E-state index in [1.807, 2.05) is 44.1 Å². The Hall–Kier alpha value is -2.57. The van der Waals surface area contributed by atoms with Gasteiger partial charge in [0.15, 0.2) is 0 Å². The number of hydrogen-bond donors (Lipinski definition) is 1. The summed E-state index contributed by atoms with van der Waals surface area (Å²) in [5.41, 5.74) is 0.972. The summed E-state index contributed by atoms with van der Waals surface area (Å²) in [5.74, 6) is 3.70. The summed E-state index contributed by atoms with van der Waals surface area (Å²) in [7, 11) is 7.13. The fourth-order valence-corrected chi connectivity index (χ4v) is 2.35. The molecule has 1 N–H and O–H groups in total. The lowest BCUT2D eigenvalue weighted by atomic mass is 10.1. The fourth-order valence-electron chi connectivity index (χ4n) is 2.35. The Labute approximate surface area is 149 Å². The maximum Gasteiger partial charge on any atom is 0.229 e. The van der Waals surface area contributed by atoms with Crippen LogP contribution in [0.4, 0.5) is 11.9 Å². The lowest BCUT2D eigenvalue weighted by molar-refractivity contribution is 0.397. The minimum atomic E-state index is -0.0672. The van der Waals surface area contributed by atoms with E-state index in [9.17, 15) is 0 Å². The van der Waals surface area contributed by atoms with Crippen molar-refractivity contribution < 1.29 is 9.47 Å². The number of hydrogen-bond acceptors (Lipinski definition) is 7. The van der Waals surface area contributed by atoms with Gasteiger partial charge in [-0.2, -0.15) is 15.0 Å². The molecule has 0 aliphatic carbocycles. The van der Waals surface area contributed by atoms with Crippen molar-refractivity contribution in [3.8, 4) is 11.5 Å². The first-order valence-corrected chi connectivity index (χ1v) is 8.27. The van der Waals surface area contributed by atoms with Crippen molar-refractivity contribution in [1.29, 1.82) is 0 Å². The molecule has 0 bridgehead atoms. The van der Waals surface area contributed by atoms with Gasteiger partial charge in [-0.25, -0.2) is 0 Å². The average Bonchev–Trinajstić information content (AvgIpc) is 2.60. The SMILES string of the molecule is COc1ccc(OC)c(C(C)Nc2nc(C(C)C)nc(N(C)C)n2)c1. The van der Waals surface area contributed by atoms with Crippen LogP contribution in [0.1, 0.15) is 44.1 Å². The van der Waals surface area contributed by atoms with Crippen molar-refractivity contribution in [3.63, 3.8) is 0 Å². The summed E-state index contributed by atoms with van der Waals surface area (Å²) in [6.45, 7) is 6.16. The number of ether oxygens (including phenoxy) is 2. The standard InChI is InChI=1S/C18H27N5O2/c1-11(2)16-20-17(22-18(21-16)23(4)5)19-12(3)14-10-13(24-6)8-9-15(14)25-7/h8-12H,1-7H3,(H,19,20,21,22). The Kier molecular flexibility index (Phi) is 6.01. The van der Waals surface area contributed by atoms with E-state index >= 15 is 0 Å². The smallest absolute Gasteiger partial charge is 0.229 e. The summed E-state index contributed by atoms with van der Waals surface area (Å²) in [4.78, 5) is 15.4. The van der Waals surface area contributed by atoms with Crippen LogP contribution in [0.15, 0.2) is 18.2 Å². The highest BCUT2D eigenvalue weighted by Crippen LogP contribution is 2.31. The zero-order chi connectivity index (χ0) is 18.6. The van der Waals surface area contributed by atoms with E-state index in [0.29, 0.717) is 11.9 Å². The molecule has 0 saturated carbocycles. The van der Waals surface area contributed by atoms with Crippen LogP contribution in [-0.2, 0) is 0 Å². The second-order valence-electron chi connectivity index (χ2n) is 6.34. The van der Waals surface area contributed by atoms with Gasteiger partial charge in [0.1, 0.15) is 17.3 Å². The number of nitrogens with zero attached hydrogens (tertiary/aromatic N) is 4. The summed E-state index contributed by atoms with van der Waals surface area (Å²) in [6, 6.07) is 5.65. The molecule has 0 saturated heterocycles. The molecule has 136 valence electrons. The molecule has 0 amide bonds. The Morgan fingerprint density at radius 3 is 2.28 bits per heavy atom. The van der Waals surface area contributed by atoms with E-state index in [0.717, 1.165) is 22.9 Å². The van der Waals surface area contributed by atoms with Crippen molar-refractivity contribution in [2.75, 3.05) is 38.5 Å². The van der Waals surface area contributed by atoms with E-state index in [-0.39, 0.29) is 12.0 Å². The van der Waals surface area contributed by atoms with Gasteiger partial charge in [-0.3, -0.25) is 0 Å². The molecular weight excluding hydrogens is 318 g/mol. The highest BCUT2D eigenvalue weighted by molar-refractivity contribution is 5.46. The van der Waals surface area contributed by atoms with Crippen LogP contribution >= 0.6 is 0 Å². The topological polar surface area (TPSA) is 72.4 Å². The third kappa shape index (κ3) is 4.49. The molecule has 0 aliphatic rings. The first-order valence-electron chi connectivity index (χ1n) is 8.27. The quantitative estimate of drug-likeness (QED) is 0.826. The summed E-state index contributed by atoms with van der Waals surface area (Å²) >= 11 is 0. The molecule has 0 spiro atoms. The van der Waals surface area contributed by atoms with Crippen LogP contribution < -0.4 is 19.7 Å². The molecule has 0 aliphatic heterocycles. The fraction of sp³-hybridized carbons (Fsp3) is 0.500. The summed E-state index contributed by atoms with van der Waals surface area (Å²) in [5, 5.41) is 3.35. The van der Waals surface area contributed by atoms with Crippen molar-refractivity contribution in [3.05, 3.63) is 29.6 Å². The third-order valence-electron chi connectivity index (χ3n) is 3.81. The molecule has 1 aromatic carbocycles. The molecule has 7 heteroatoms. The molecule has 0 radical (unpaired) electrons. The number of aromatic nitrogens is 3. The second kappa shape index (κ2) is 8.00. The molecule has 0 fully saturated rings. The predicted octanol–water partition coefficient (Wildman–Crippen LogP) is 3.25. The lowest BCUT2D eigenvalue weighted by Gasteiger charge is -2.20. The lowest BCUT2D eigenvalue weighted by Crippen LogP contribution is -2.18. The molecule has 25 heavy (non-hydrogen) atoms. The minimum Gasteiger partial charge on any atom is -0.497 e. The van der Waals surface area contributed by atoms with Gasteiger partial charge in [0.05, 0.1) is 20.3 Å². The first kappa shape index (κ1) is 18.8. The van der Waals surface area contributed by atoms with Gasteiger partial charge in [0, 0.05) is 25.6 Å². The van der Waals surface area contributed by atoms with Gasteiger partial charge in [-0.15, -0.1) is 0 Å². The van der Waals surface area contributed by atoms with Crippen molar-refractivity contribution in [2.24, 2.45) is 0 Å². The van der Waals surface area contributed by atoms with Crippen LogP contribution in [0.2, 0.25) is 0 Å². The van der Waals surface area contributed by atoms with Gasteiger partial charge in [0.25, 0.3) is 0 Å². The van der Waals surface area contributed by atoms with Crippen molar-refractivity contribution in [1.82, 2.24) is 15.0 Å². The van der Waals surface area contributed by atoms with Gasteiger partial charge < -0.3 is 19.7 Å². The summed E-state index contributed by atoms with van der Waals surface area (Å²) < 4.78 is 10.8. The Bertz CT molecular complexity index is 692. The molecule has 2 rings (SSSR count). The van der Waals surface area contributed by atoms with Gasteiger partial charge in [-0.05, 0) is 25.1 Å². The van der Waals surface area contributed by atoms with E-state index in [4.69, 9.17) is 9.47 Å². The normalized spacial score (nSPS) is 12.0. The van der Waals surface area contributed by atoms with Gasteiger partial charge in [-0.1, -0.05) is 13.8 Å². The number of anilines is 2. The zero-order valence-corrected chi connectivity index (χ0v) is 16.0.